The predicted molar refractivity (Wildman–Crippen MR) is 45.9 cm³/mol. The maximum Gasteiger partial charge on any atom is 0.491 e. The van der Waals surface area contributed by atoms with Crippen molar-refractivity contribution in [2.45, 2.75) is 12.0 Å². The molecule has 14 heavy (non-hydrogen) atoms. The van der Waals surface area contributed by atoms with E-state index in [1.54, 1.807) is 0 Å². The number of hydrogen-bond acceptors (Lipinski definition) is 4. The molecule has 0 aromatic rings. The van der Waals surface area contributed by atoms with E-state index in [-0.39, 0.29) is 0 Å². The van der Waals surface area contributed by atoms with Gasteiger partial charge in [-0.15, -0.1) is 0 Å². The highest BCUT2D eigenvalue weighted by molar-refractivity contribution is 7.71. The second-order valence-corrected chi connectivity index (χ2v) is 6.60. The van der Waals surface area contributed by atoms with Crippen molar-refractivity contribution in [3.05, 3.63) is 0 Å². The molecule has 6 N–H and O–H groups in total. The monoisotopic (exact) mass is 271 g/mol. The first-order valence-electron chi connectivity index (χ1n) is 2.76. The summed E-state index contributed by atoms with van der Waals surface area (Å²) >= 11 is 0. The highest BCUT2D eigenvalue weighted by atomic mass is 31.2. The van der Waals surface area contributed by atoms with Gasteiger partial charge in [-0.05, 0) is 11.5 Å². The Labute approximate surface area is 80.0 Å². The Kier molecular flexibility index (Phi) is 6.48. The molecular weight excluding hydrogens is 261 g/mol. The predicted octanol–water partition coefficient (Wildman–Crippen LogP) is -1.07. The Morgan fingerprint density at radius 3 is 1.21 bits per heavy atom. The standard InChI is InChI=1S/C2H8O7P2.HO2P/c1-2(3,10(4,5)6)11(7,8)9;1-3-2/h3H,1H3,(H2,4,5,6)(H2,7,8,9);3H/p+1. The van der Waals surface area contributed by atoms with E-state index in [0.717, 1.165) is 0 Å². The van der Waals surface area contributed by atoms with Crippen LogP contribution in [-0.4, -0.2) is 34.7 Å². The molecule has 0 saturated carbocycles. The van der Waals surface area contributed by atoms with E-state index in [9.17, 15) is 9.13 Å². The zero-order valence-corrected chi connectivity index (χ0v) is 9.59. The third-order valence-electron chi connectivity index (χ3n) is 1.10. The highest BCUT2D eigenvalue weighted by Gasteiger charge is 2.55. The van der Waals surface area contributed by atoms with Crippen LogP contribution in [0.2, 0.25) is 0 Å². The molecule has 0 saturated heterocycles. The van der Waals surface area contributed by atoms with E-state index in [0.29, 0.717) is 6.92 Å². The smallest absolute Gasteiger partial charge is 0.368 e. The summed E-state index contributed by atoms with van der Waals surface area (Å²) in [4.78, 5) is 40.0. The van der Waals surface area contributed by atoms with E-state index in [1.165, 1.54) is 0 Å². The molecule has 0 bridgehead atoms. The summed E-state index contributed by atoms with van der Waals surface area (Å²) in [6.07, 6.45) is 0. The van der Waals surface area contributed by atoms with Crippen molar-refractivity contribution in [1.29, 1.82) is 0 Å². The van der Waals surface area contributed by atoms with Crippen LogP contribution in [0.15, 0.2) is 0 Å². The fraction of sp³-hybridized carbons (Fsp3) is 1.00. The summed E-state index contributed by atoms with van der Waals surface area (Å²) in [6, 6.07) is 0. The lowest BCUT2D eigenvalue weighted by atomic mass is 10.9. The van der Waals surface area contributed by atoms with Gasteiger partial charge in [0.2, 0.25) is 0 Å². The summed E-state index contributed by atoms with van der Waals surface area (Å²) < 4.78 is 29.0. The van der Waals surface area contributed by atoms with Crippen LogP contribution in [0.4, 0.5) is 0 Å². The van der Waals surface area contributed by atoms with Crippen LogP contribution in [0.1, 0.15) is 6.92 Å². The van der Waals surface area contributed by atoms with Crippen LogP contribution in [-0.2, 0) is 13.7 Å². The molecule has 86 valence electrons. The van der Waals surface area contributed by atoms with Gasteiger partial charge in [0.05, 0.1) is 0 Å². The maximum absolute atomic E-state index is 10.3. The first-order chi connectivity index (χ1) is 5.91. The quantitative estimate of drug-likeness (QED) is 0.341. The molecule has 12 heteroatoms. The lowest BCUT2D eigenvalue weighted by Crippen LogP contribution is -2.23. The normalized spacial score (nSPS) is 13.4. The Balaban J connectivity index is 0. The van der Waals surface area contributed by atoms with E-state index in [4.69, 9.17) is 34.1 Å². The fourth-order valence-corrected chi connectivity index (χ4v) is 1.53. The largest absolute Gasteiger partial charge is 0.491 e. The number of hydrogen-bond donors (Lipinski definition) is 6. The van der Waals surface area contributed by atoms with Crippen LogP contribution >= 0.6 is 23.9 Å². The van der Waals surface area contributed by atoms with Crippen molar-refractivity contribution in [2.24, 2.45) is 0 Å². The molecule has 0 rings (SSSR count). The molecule has 9 nitrogen and oxygen atoms in total. The molecule has 0 aliphatic heterocycles. The van der Waals surface area contributed by atoms with Crippen molar-refractivity contribution in [3.63, 3.8) is 0 Å². The minimum Gasteiger partial charge on any atom is -0.368 e. The van der Waals surface area contributed by atoms with Crippen molar-refractivity contribution in [2.75, 3.05) is 0 Å². The summed E-state index contributed by atoms with van der Waals surface area (Å²) in [6.45, 7) is 0.383. The molecule has 0 fully saturated rings. The summed E-state index contributed by atoms with van der Waals surface area (Å²) in [5.41, 5.74) is 0. The van der Waals surface area contributed by atoms with Gasteiger partial charge >= 0.3 is 23.9 Å². The average molecular weight is 271 g/mol. The Bertz CT molecular complexity index is 246. The van der Waals surface area contributed by atoms with Gasteiger partial charge in [0.15, 0.2) is 0 Å². The van der Waals surface area contributed by atoms with Gasteiger partial charge in [-0.2, -0.15) is 4.89 Å². The minimum atomic E-state index is -5.20. The molecule has 0 radical (unpaired) electrons. The van der Waals surface area contributed by atoms with Gasteiger partial charge in [0, 0.05) is 0 Å². The zero-order valence-electron chi connectivity index (χ0n) is 6.80. The Morgan fingerprint density at radius 2 is 1.21 bits per heavy atom. The molecule has 1 atom stereocenters. The third kappa shape index (κ3) is 4.70. The second kappa shape index (κ2) is 5.42. The van der Waals surface area contributed by atoms with Gasteiger partial charge < -0.3 is 24.7 Å². The third-order valence-corrected chi connectivity index (χ3v) is 4.87. The lowest BCUT2D eigenvalue weighted by molar-refractivity contribution is 0.146. The highest BCUT2D eigenvalue weighted by Crippen LogP contribution is 2.66. The molecule has 0 aromatic heterocycles. The molecule has 1 unspecified atom stereocenters. The first-order valence-corrected chi connectivity index (χ1v) is 6.84. The average Bonchev–Trinajstić information content (AvgIpc) is 1.83. The van der Waals surface area contributed by atoms with Gasteiger partial charge in [0.1, 0.15) is 0 Å². The molecular formula is C2H10O9P3+. The van der Waals surface area contributed by atoms with Crippen LogP contribution in [0.3, 0.4) is 0 Å². The molecule has 0 aliphatic rings. The van der Waals surface area contributed by atoms with E-state index in [2.05, 4.69) is 0 Å². The van der Waals surface area contributed by atoms with Crippen molar-refractivity contribution in [3.8, 4) is 0 Å². The van der Waals surface area contributed by atoms with E-state index in [1.807, 2.05) is 0 Å². The molecule has 0 heterocycles. The van der Waals surface area contributed by atoms with Crippen LogP contribution in [0.25, 0.3) is 0 Å². The maximum atomic E-state index is 10.3. The van der Waals surface area contributed by atoms with E-state index < -0.39 is 29.0 Å². The topological polar surface area (TPSA) is 173 Å². The SMILES string of the molecule is CC(O)(P(=O)(O)O)P(=O)(O)O.O=[PH+]O. The number of aliphatic hydroxyl groups is 1. The minimum absolute atomic E-state index is 0.383. The van der Waals surface area contributed by atoms with Gasteiger partial charge in [0.25, 0.3) is 5.08 Å². The Morgan fingerprint density at radius 1 is 1.07 bits per heavy atom. The van der Waals surface area contributed by atoms with E-state index >= 15 is 0 Å². The summed E-state index contributed by atoms with van der Waals surface area (Å²) in [5, 5.41) is 5.37. The summed E-state index contributed by atoms with van der Waals surface area (Å²) in [5.74, 6) is 0. The second-order valence-electron chi connectivity index (χ2n) is 2.15. The number of rotatable bonds is 2. The van der Waals surface area contributed by atoms with Gasteiger partial charge in [-0.1, -0.05) is 0 Å². The van der Waals surface area contributed by atoms with Gasteiger partial charge in [-0.3, -0.25) is 9.13 Å². The van der Waals surface area contributed by atoms with Gasteiger partial charge in [-0.25, -0.2) is 0 Å². The Hall–Kier alpha value is 0.320. The fourth-order valence-electron chi connectivity index (χ4n) is 0.170. The molecule has 0 amide bonds. The molecule has 0 aliphatic carbocycles. The van der Waals surface area contributed by atoms with Crippen molar-refractivity contribution >= 4 is 23.9 Å². The van der Waals surface area contributed by atoms with Crippen molar-refractivity contribution in [1.82, 2.24) is 0 Å². The zero-order chi connectivity index (χ0) is 12.2. The first kappa shape index (κ1) is 16.7. The van der Waals surface area contributed by atoms with Crippen LogP contribution in [0, 0.1) is 0 Å². The summed E-state index contributed by atoms with van der Waals surface area (Å²) in [7, 11) is -11.6. The lowest BCUT2D eigenvalue weighted by Gasteiger charge is -2.24. The molecule has 0 aromatic carbocycles. The van der Waals surface area contributed by atoms with Crippen LogP contribution in [0.5, 0.6) is 0 Å². The molecule has 0 spiro atoms. The van der Waals surface area contributed by atoms with Crippen LogP contribution < -0.4 is 0 Å². The van der Waals surface area contributed by atoms with Crippen molar-refractivity contribution < 1.29 is 43.3 Å².